The number of nitrogens with one attached hydrogen (secondary N) is 1. The number of unbranched alkanes of at least 4 members (excludes halogenated alkanes) is 2. The van der Waals surface area contributed by atoms with Gasteiger partial charge in [-0.2, -0.15) is 11.8 Å². The molecule has 4 heteroatoms. The minimum Gasteiger partial charge on any atom is -0.396 e. The molecule has 0 amide bonds. The molecule has 0 saturated carbocycles. The quantitative estimate of drug-likeness (QED) is 0.718. The van der Waals surface area contributed by atoms with Crippen LogP contribution < -0.4 is 11.1 Å². The van der Waals surface area contributed by atoms with Crippen molar-refractivity contribution in [2.75, 3.05) is 29.6 Å². The van der Waals surface area contributed by atoms with E-state index in [1.807, 2.05) is 30.8 Å². The maximum absolute atomic E-state index is 5.82. The van der Waals surface area contributed by atoms with Crippen LogP contribution in [-0.4, -0.2) is 23.5 Å². The van der Waals surface area contributed by atoms with Crippen LogP contribution in [0.15, 0.2) is 12.1 Å². The monoisotopic (exact) mass is 239 g/mol. The first-order valence-corrected chi connectivity index (χ1v) is 7.09. The zero-order valence-corrected chi connectivity index (χ0v) is 10.9. The number of nitrogens with zero attached hydrogens (tertiary/aromatic N) is 1. The molecule has 3 N–H and O–H groups in total. The number of hydrogen-bond acceptors (Lipinski definition) is 4. The molecule has 0 unspecified atom stereocenters. The fourth-order valence-corrected chi connectivity index (χ4v) is 1.96. The van der Waals surface area contributed by atoms with Crippen molar-refractivity contribution in [2.45, 2.75) is 26.2 Å². The molecule has 16 heavy (non-hydrogen) atoms. The van der Waals surface area contributed by atoms with Gasteiger partial charge in [-0.15, -0.1) is 0 Å². The normalized spacial score (nSPS) is 10.4. The lowest BCUT2D eigenvalue weighted by Gasteiger charge is -2.08. The van der Waals surface area contributed by atoms with Crippen molar-refractivity contribution in [2.24, 2.45) is 0 Å². The number of aryl methyl sites for hydroxylation is 1. The van der Waals surface area contributed by atoms with Crippen LogP contribution in [0.1, 0.15) is 25.0 Å². The number of anilines is 2. The van der Waals surface area contributed by atoms with E-state index in [2.05, 4.69) is 16.6 Å². The summed E-state index contributed by atoms with van der Waals surface area (Å²) in [4.78, 5) is 4.37. The van der Waals surface area contributed by atoms with Crippen molar-refractivity contribution < 1.29 is 0 Å². The lowest BCUT2D eigenvalue weighted by Crippen LogP contribution is -2.06. The Kier molecular flexibility index (Phi) is 6.08. The van der Waals surface area contributed by atoms with Gasteiger partial charge in [0.1, 0.15) is 5.82 Å². The number of aromatic nitrogens is 1. The molecule has 90 valence electrons. The highest BCUT2D eigenvalue weighted by molar-refractivity contribution is 7.98. The first-order valence-electron chi connectivity index (χ1n) is 5.70. The van der Waals surface area contributed by atoms with Crippen LogP contribution in [0.2, 0.25) is 0 Å². The van der Waals surface area contributed by atoms with Crippen LogP contribution in [0.5, 0.6) is 0 Å². The third-order valence-electron chi connectivity index (χ3n) is 2.38. The van der Waals surface area contributed by atoms with Crippen LogP contribution in [0.3, 0.4) is 0 Å². The van der Waals surface area contributed by atoms with Gasteiger partial charge in [0.15, 0.2) is 0 Å². The highest BCUT2D eigenvalue weighted by Gasteiger charge is 1.99. The molecule has 3 nitrogen and oxygen atoms in total. The fraction of sp³-hybridized carbons (Fsp3) is 0.583. The Morgan fingerprint density at radius 2 is 2.12 bits per heavy atom. The van der Waals surface area contributed by atoms with Crippen LogP contribution in [0, 0.1) is 6.92 Å². The lowest BCUT2D eigenvalue weighted by molar-refractivity contribution is 0.748. The largest absolute Gasteiger partial charge is 0.396 e. The molecule has 0 aliphatic carbocycles. The summed E-state index contributed by atoms with van der Waals surface area (Å²) in [6.07, 6.45) is 5.88. The summed E-state index contributed by atoms with van der Waals surface area (Å²) in [5.74, 6) is 2.08. The SMILES string of the molecule is CSCCCCCNc1nc(C)ccc1N. The summed E-state index contributed by atoms with van der Waals surface area (Å²) in [6, 6.07) is 3.83. The van der Waals surface area contributed by atoms with E-state index in [-0.39, 0.29) is 0 Å². The predicted molar refractivity (Wildman–Crippen MR) is 74.1 cm³/mol. The highest BCUT2D eigenvalue weighted by Crippen LogP contribution is 2.15. The Bertz CT molecular complexity index is 315. The maximum atomic E-state index is 5.82. The molecule has 0 aromatic carbocycles. The van der Waals surface area contributed by atoms with Gasteiger partial charge in [-0.25, -0.2) is 4.98 Å². The van der Waals surface area contributed by atoms with Crippen molar-refractivity contribution in [3.05, 3.63) is 17.8 Å². The second-order valence-electron chi connectivity index (χ2n) is 3.87. The Balaban J connectivity index is 2.23. The zero-order valence-electron chi connectivity index (χ0n) is 10.1. The van der Waals surface area contributed by atoms with E-state index in [1.165, 1.54) is 25.0 Å². The third kappa shape index (κ3) is 4.75. The Morgan fingerprint density at radius 1 is 1.31 bits per heavy atom. The number of hydrogen-bond donors (Lipinski definition) is 2. The molecule has 0 atom stereocenters. The summed E-state index contributed by atoms with van der Waals surface area (Å²) >= 11 is 1.91. The Morgan fingerprint density at radius 3 is 2.88 bits per heavy atom. The first kappa shape index (κ1) is 13.2. The van der Waals surface area contributed by atoms with Gasteiger partial charge in [-0.1, -0.05) is 6.42 Å². The third-order valence-corrected chi connectivity index (χ3v) is 3.08. The number of nitrogens with two attached hydrogens (primary N) is 1. The van der Waals surface area contributed by atoms with E-state index in [9.17, 15) is 0 Å². The van der Waals surface area contributed by atoms with E-state index >= 15 is 0 Å². The van der Waals surface area contributed by atoms with E-state index in [1.54, 1.807) is 0 Å². The van der Waals surface area contributed by atoms with Crippen molar-refractivity contribution in [1.29, 1.82) is 0 Å². The molecule has 1 aromatic heterocycles. The van der Waals surface area contributed by atoms with Gasteiger partial charge in [-0.05, 0) is 43.9 Å². The minimum atomic E-state index is 0.731. The first-order chi connectivity index (χ1) is 7.74. The highest BCUT2D eigenvalue weighted by atomic mass is 32.2. The summed E-state index contributed by atoms with van der Waals surface area (Å²) < 4.78 is 0. The average molecular weight is 239 g/mol. The van der Waals surface area contributed by atoms with Gasteiger partial charge < -0.3 is 11.1 Å². The number of thioether (sulfide) groups is 1. The Labute approximate surface area is 102 Å². The molecule has 0 radical (unpaired) electrons. The van der Waals surface area contributed by atoms with Gasteiger partial charge >= 0.3 is 0 Å². The van der Waals surface area contributed by atoms with Crippen molar-refractivity contribution in [3.63, 3.8) is 0 Å². The zero-order chi connectivity index (χ0) is 11.8. The molecule has 1 rings (SSSR count). The molecular formula is C12H21N3S. The maximum Gasteiger partial charge on any atom is 0.149 e. The van der Waals surface area contributed by atoms with Gasteiger partial charge in [0.05, 0.1) is 5.69 Å². The van der Waals surface area contributed by atoms with Crippen molar-refractivity contribution in [3.8, 4) is 0 Å². The second-order valence-corrected chi connectivity index (χ2v) is 4.86. The number of pyridine rings is 1. The lowest BCUT2D eigenvalue weighted by atomic mass is 10.2. The standard InChI is InChI=1S/C12H21N3S/c1-10-6-7-11(13)12(15-10)14-8-4-3-5-9-16-2/h6-7H,3-5,8-9,13H2,1-2H3,(H,14,15). The molecule has 0 fully saturated rings. The summed E-state index contributed by atoms with van der Waals surface area (Å²) in [5, 5.41) is 3.29. The van der Waals surface area contributed by atoms with E-state index in [0.29, 0.717) is 0 Å². The van der Waals surface area contributed by atoms with Gasteiger partial charge in [0, 0.05) is 12.2 Å². The van der Waals surface area contributed by atoms with Gasteiger partial charge in [-0.3, -0.25) is 0 Å². The Hall–Kier alpha value is -0.900. The van der Waals surface area contributed by atoms with Crippen molar-refractivity contribution in [1.82, 2.24) is 4.98 Å². The molecule has 0 aliphatic heterocycles. The molecule has 0 saturated heterocycles. The van der Waals surface area contributed by atoms with E-state index in [0.717, 1.165) is 23.7 Å². The molecule has 0 aliphatic rings. The molecule has 0 bridgehead atoms. The average Bonchev–Trinajstić information content (AvgIpc) is 2.28. The minimum absolute atomic E-state index is 0.731. The summed E-state index contributed by atoms with van der Waals surface area (Å²) in [5.41, 5.74) is 7.55. The topological polar surface area (TPSA) is 50.9 Å². The van der Waals surface area contributed by atoms with Crippen LogP contribution in [0.25, 0.3) is 0 Å². The van der Waals surface area contributed by atoms with E-state index in [4.69, 9.17) is 5.73 Å². The molecular weight excluding hydrogens is 218 g/mol. The molecule has 0 spiro atoms. The van der Waals surface area contributed by atoms with Crippen LogP contribution in [-0.2, 0) is 0 Å². The number of nitrogen functional groups attached to an aromatic ring is 1. The fourth-order valence-electron chi connectivity index (χ4n) is 1.46. The molecule has 1 aromatic rings. The van der Waals surface area contributed by atoms with Crippen LogP contribution >= 0.6 is 11.8 Å². The summed E-state index contributed by atoms with van der Waals surface area (Å²) in [7, 11) is 0. The van der Waals surface area contributed by atoms with Gasteiger partial charge in [0.25, 0.3) is 0 Å². The van der Waals surface area contributed by atoms with E-state index < -0.39 is 0 Å². The number of rotatable bonds is 7. The second kappa shape index (κ2) is 7.39. The van der Waals surface area contributed by atoms with Crippen molar-refractivity contribution >= 4 is 23.3 Å². The predicted octanol–water partition coefficient (Wildman–Crippen LogP) is 2.92. The summed E-state index contributed by atoms with van der Waals surface area (Å²) in [6.45, 7) is 2.93. The van der Waals surface area contributed by atoms with Crippen LogP contribution in [0.4, 0.5) is 11.5 Å². The molecule has 1 heterocycles. The smallest absolute Gasteiger partial charge is 0.149 e. The van der Waals surface area contributed by atoms with Gasteiger partial charge in [0.2, 0.25) is 0 Å².